The molecule has 1 heterocycles. The monoisotopic (exact) mass is 399 g/mol. The molecule has 0 bridgehead atoms. The Bertz CT molecular complexity index is 1010. The Morgan fingerprint density at radius 3 is 2.79 bits per heavy atom. The zero-order valence-electron chi connectivity index (χ0n) is 15.9. The molecule has 1 aliphatic rings. The molecule has 4 nitrogen and oxygen atoms in total. The number of imidazole rings is 1. The Kier molecular flexibility index (Phi) is 5.36. The molecule has 1 saturated carbocycles. The van der Waals surface area contributed by atoms with Gasteiger partial charge in [-0.2, -0.15) is 0 Å². The van der Waals surface area contributed by atoms with Crippen molar-refractivity contribution in [1.82, 2.24) is 14.5 Å². The van der Waals surface area contributed by atoms with Crippen molar-refractivity contribution in [2.75, 3.05) is 6.54 Å². The van der Waals surface area contributed by atoms with E-state index in [0.717, 1.165) is 29.8 Å². The number of fused-ring (bicyclic) bond motifs is 1. The third-order valence-corrected chi connectivity index (χ3v) is 5.44. The molecule has 6 heteroatoms. The highest BCUT2D eigenvalue weighted by atomic mass is 35.5. The van der Waals surface area contributed by atoms with Crippen molar-refractivity contribution in [2.24, 2.45) is 5.92 Å². The van der Waals surface area contributed by atoms with Crippen molar-refractivity contribution in [3.8, 4) is 0 Å². The fraction of sp³-hybridized carbons (Fsp3) is 0.364. The fourth-order valence-electron chi connectivity index (χ4n) is 3.51. The highest BCUT2D eigenvalue weighted by Gasteiger charge is 2.26. The summed E-state index contributed by atoms with van der Waals surface area (Å²) in [6.45, 7) is 3.99. The average Bonchev–Trinajstić information content (AvgIpc) is 3.45. The van der Waals surface area contributed by atoms with Crippen molar-refractivity contribution >= 4 is 28.5 Å². The molecule has 1 fully saturated rings. The van der Waals surface area contributed by atoms with Crippen LogP contribution >= 0.6 is 11.6 Å². The summed E-state index contributed by atoms with van der Waals surface area (Å²) in [5.74, 6) is 0.908. The summed E-state index contributed by atoms with van der Waals surface area (Å²) < 4.78 is 15.7. The van der Waals surface area contributed by atoms with Gasteiger partial charge in [-0.1, -0.05) is 30.7 Å². The van der Waals surface area contributed by atoms with E-state index >= 15 is 0 Å². The van der Waals surface area contributed by atoms with Crippen LogP contribution in [0.2, 0.25) is 5.02 Å². The average molecular weight is 400 g/mol. The third-order valence-electron chi connectivity index (χ3n) is 5.15. The van der Waals surface area contributed by atoms with Gasteiger partial charge in [-0.15, -0.1) is 0 Å². The smallest absolute Gasteiger partial charge is 0.254 e. The van der Waals surface area contributed by atoms with Crippen molar-refractivity contribution in [3.05, 3.63) is 64.7 Å². The number of benzene rings is 2. The first kappa shape index (κ1) is 18.9. The molecule has 0 radical (unpaired) electrons. The SMILES string of the molecule is CCCN(Cc1nc2ccccc2n1CC1CC1)C(=O)c1ccc(F)c(Cl)c1. The van der Waals surface area contributed by atoms with Crippen molar-refractivity contribution in [1.29, 1.82) is 0 Å². The Morgan fingerprint density at radius 2 is 2.07 bits per heavy atom. The molecule has 1 aromatic heterocycles. The molecule has 0 N–H and O–H groups in total. The first-order chi connectivity index (χ1) is 13.6. The molecule has 2 aromatic carbocycles. The largest absolute Gasteiger partial charge is 0.331 e. The predicted octanol–water partition coefficient (Wildman–Crippen LogP) is 5.29. The van der Waals surface area contributed by atoms with Gasteiger partial charge in [-0.3, -0.25) is 4.79 Å². The quantitative estimate of drug-likeness (QED) is 0.541. The van der Waals surface area contributed by atoms with E-state index in [0.29, 0.717) is 24.6 Å². The maximum Gasteiger partial charge on any atom is 0.254 e. The summed E-state index contributed by atoms with van der Waals surface area (Å²) in [4.78, 5) is 19.6. The van der Waals surface area contributed by atoms with E-state index in [1.54, 1.807) is 4.90 Å². The maximum absolute atomic E-state index is 13.5. The lowest BCUT2D eigenvalue weighted by molar-refractivity contribution is 0.0737. The van der Waals surface area contributed by atoms with Crippen LogP contribution in [0.4, 0.5) is 4.39 Å². The number of para-hydroxylation sites is 2. The van der Waals surface area contributed by atoms with Gasteiger partial charge in [0.2, 0.25) is 0 Å². The highest BCUT2D eigenvalue weighted by molar-refractivity contribution is 6.31. The Labute approximate surface area is 168 Å². The van der Waals surface area contributed by atoms with Gasteiger partial charge in [0.25, 0.3) is 5.91 Å². The number of rotatable bonds is 7. The summed E-state index contributed by atoms with van der Waals surface area (Å²) >= 11 is 5.88. The van der Waals surface area contributed by atoms with Crippen molar-refractivity contribution in [2.45, 2.75) is 39.3 Å². The lowest BCUT2D eigenvalue weighted by Gasteiger charge is -2.23. The molecule has 0 saturated heterocycles. The maximum atomic E-state index is 13.5. The van der Waals surface area contributed by atoms with Crippen LogP contribution in [-0.4, -0.2) is 26.9 Å². The van der Waals surface area contributed by atoms with E-state index in [4.69, 9.17) is 16.6 Å². The predicted molar refractivity (Wildman–Crippen MR) is 109 cm³/mol. The number of nitrogens with zero attached hydrogens (tertiary/aromatic N) is 3. The molecule has 1 aliphatic carbocycles. The zero-order chi connectivity index (χ0) is 19.7. The zero-order valence-corrected chi connectivity index (χ0v) is 16.6. The number of carbonyl (C=O) groups is 1. The minimum Gasteiger partial charge on any atom is -0.331 e. The summed E-state index contributed by atoms with van der Waals surface area (Å²) in [6, 6.07) is 12.2. The molecule has 1 amide bonds. The number of hydrogen-bond acceptors (Lipinski definition) is 2. The Hall–Kier alpha value is -2.40. The van der Waals surface area contributed by atoms with Gasteiger partial charge in [-0.25, -0.2) is 9.37 Å². The molecule has 28 heavy (non-hydrogen) atoms. The molecule has 0 unspecified atom stereocenters. The van der Waals surface area contributed by atoms with Gasteiger partial charge >= 0.3 is 0 Å². The summed E-state index contributed by atoms with van der Waals surface area (Å²) in [7, 11) is 0. The van der Waals surface area contributed by atoms with Crippen LogP contribution in [0.5, 0.6) is 0 Å². The first-order valence-corrected chi connectivity index (χ1v) is 10.1. The van der Waals surface area contributed by atoms with Crippen LogP contribution in [0.15, 0.2) is 42.5 Å². The second-order valence-electron chi connectivity index (χ2n) is 7.43. The fourth-order valence-corrected chi connectivity index (χ4v) is 3.69. The number of amides is 1. The van der Waals surface area contributed by atoms with Crippen LogP contribution in [-0.2, 0) is 13.1 Å². The van der Waals surface area contributed by atoms with Gasteiger partial charge in [0, 0.05) is 18.7 Å². The first-order valence-electron chi connectivity index (χ1n) is 9.75. The number of hydrogen-bond donors (Lipinski definition) is 0. The minimum absolute atomic E-state index is 0.0386. The standard InChI is InChI=1S/C22H23ClFN3O/c1-2-11-26(22(28)16-9-10-18(24)17(23)12-16)14-21-25-19-5-3-4-6-20(19)27(21)13-15-7-8-15/h3-6,9-10,12,15H,2,7-8,11,13-14H2,1H3. The molecular weight excluding hydrogens is 377 g/mol. The van der Waals surface area contributed by atoms with Gasteiger partial charge in [0.1, 0.15) is 11.6 Å². The van der Waals surface area contributed by atoms with Gasteiger partial charge in [0.05, 0.1) is 22.6 Å². The lowest BCUT2D eigenvalue weighted by atomic mass is 10.2. The van der Waals surface area contributed by atoms with Gasteiger partial charge in [-0.05, 0) is 55.5 Å². The van der Waals surface area contributed by atoms with E-state index in [-0.39, 0.29) is 10.9 Å². The summed E-state index contributed by atoms with van der Waals surface area (Å²) in [5, 5.41) is -0.0386. The summed E-state index contributed by atoms with van der Waals surface area (Å²) in [5.41, 5.74) is 2.45. The molecule has 3 aromatic rings. The molecular formula is C22H23ClFN3O. The van der Waals surface area contributed by atoms with Crippen LogP contribution in [0, 0.1) is 11.7 Å². The van der Waals surface area contributed by atoms with E-state index in [1.807, 2.05) is 25.1 Å². The van der Waals surface area contributed by atoms with E-state index in [9.17, 15) is 9.18 Å². The second kappa shape index (κ2) is 7.92. The van der Waals surface area contributed by atoms with Crippen LogP contribution < -0.4 is 0 Å². The van der Waals surface area contributed by atoms with E-state index < -0.39 is 5.82 Å². The van der Waals surface area contributed by atoms with Crippen molar-refractivity contribution < 1.29 is 9.18 Å². The normalized spacial score (nSPS) is 13.8. The molecule has 0 atom stereocenters. The van der Waals surface area contributed by atoms with E-state index in [2.05, 4.69) is 10.6 Å². The van der Waals surface area contributed by atoms with Crippen LogP contribution in [0.1, 0.15) is 42.4 Å². The molecule has 146 valence electrons. The topological polar surface area (TPSA) is 38.1 Å². The van der Waals surface area contributed by atoms with Crippen LogP contribution in [0.3, 0.4) is 0 Å². The molecule has 4 rings (SSSR count). The molecule has 0 aliphatic heterocycles. The lowest BCUT2D eigenvalue weighted by Crippen LogP contribution is -2.32. The van der Waals surface area contributed by atoms with Crippen LogP contribution in [0.25, 0.3) is 11.0 Å². The van der Waals surface area contributed by atoms with Gasteiger partial charge in [0.15, 0.2) is 0 Å². The van der Waals surface area contributed by atoms with Crippen molar-refractivity contribution in [3.63, 3.8) is 0 Å². The summed E-state index contributed by atoms with van der Waals surface area (Å²) in [6.07, 6.45) is 3.32. The minimum atomic E-state index is -0.522. The third kappa shape index (κ3) is 3.90. The number of halogens is 2. The number of aromatic nitrogens is 2. The Balaban J connectivity index is 1.65. The highest BCUT2D eigenvalue weighted by Crippen LogP contribution is 2.32. The number of carbonyl (C=O) groups excluding carboxylic acids is 1. The molecule has 0 spiro atoms. The second-order valence-corrected chi connectivity index (χ2v) is 7.83. The van der Waals surface area contributed by atoms with Gasteiger partial charge < -0.3 is 9.47 Å². The van der Waals surface area contributed by atoms with E-state index in [1.165, 1.54) is 31.0 Å². The Morgan fingerprint density at radius 1 is 1.29 bits per heavy atom.